The highest BCUT2D eigenvalue weighted by atomic mass is 16.2. The van der Waals surface area contributed by atoms with Crippen molar-refractivity contribution in [3.05, 3.63) is 65.5 Å². The van der Waals surface area contributed by atoms with Crippen molar-refractivity contribution in [2.45, 2.75) is 57.2 Å². The van der Waals surface area contributed by atoms with Crippen LogP contribution >= 0.6 is 0 Å². The van der Waals surface area contributed by atoms with Crippen LogP contribution in [0.2, 0.25) is 0 Å². The molecule has 0 bridgehead atoms. The van der Waals surface area contributed by atoms with Crippen molar-refractivity contribution in [3.8, 4) is 0 Å². The van der Waals surface area contributed by atoms with Crippen molar-refractivity contribution in [1.82, 2.24) is 19.7 Å². The number of rotatable bonds is 3. The second kappa shape index (κ2) is 9.32. The second-order valence-electron chi connectivity index (χ2n) is 10.2. The maximum absolute atomic E-state index is 13.8. The van der Waals surface area contributed by atoms with Crippen LogP contribution in [0.5, 0.6) is 0 Å². The maximum atomic E-state index is 13.8. The first kappa shape index (κ1) is 21.6. The smallest absolute Gasteiger partial charge is 0.226 e. The molecule has 32 heavy (non-hydrogen) atoms. The maximum Gasteiger partial charge on any atom is 0.226 e. The molecule has 1 aromatic heterocycles. The van der Waals surface area contributed by atoms with Gasteiger partial charge in [-0.15, -0.1) is 0 Å². The van der Waals surface area contributed by atoms with Crippen molar-refractivity contribution >= 4 is 5.91 Å². The Kier molecular flexibility index (Phi) is 6.29. The average Bonchev–Trinajstić information content (AvgIpc) is 2.98. The zero-order valence-corrected chi connectivity index (χ0v) is 19.4. The minimum absolute atomic E-state index is 0.00917. The fourth-order valence-electron chi connectivity index (χ4n) is 6.07. The van der Waals surface area contributed by atoms with Gasteiger partial charge in [0.15, 0.2) is 0 Å². The molecule has 2 saturated heterocycles. The summed E-state index contributed by atoms with van der Waals surface area (Å²) >= 11 is 0. The molecule has 3 aliphatic heterocycles. The van der Waals surface area contributed by atoms with Crippen LogP contribution in [-0.4, -0.2) is 64.4 Å². The minimum Gasteiger partial charge on any atom is -0.336 e. The van der Waals surface area contributed by atoms with E-state index in [1.54, 1.807) is 0 Å². The molecule has 1 spiro atoms. The lowest BCUT2D eigenvalue weighted by molar-refractivity contribution is -0.140. The molecule has 2 fully saturated rings. The molecule has 1 unspecified atom stereocenters. The monoisotopic (exact) mass is 432 g/mol. The van der Waals surface area contributed by atoms with Crippen LogP contribution in [0, 0.1) is 5.92 Å². The third-order valence-corrected chi connectivity index (χ3v) is 7.98. The fourth-order valence-corrected chi connectivity index (χ4v) is 6.07. The van der Waals surface area contributed by atoms with Gasteiger partial charge in [-0.2, -0.15) is 0 Å². The zero-order chi connectivity index (χ0) is 22.0. The molecule has 0 saturated carbocycles. The summed E-state index contributed by atoms with van der Waals surface area (Å²) in [4.78, 5) is 25.3. The molecule has 170 valence electrons. The molecule has 1 aromatic carbocycles. The lowest BCUT2D eigenvalue weighted by Gasteiger charge is -2.49. The molecular weight excluding hydrogens is 396 g/mol. The van der Waals surface area contributed by atoms with E-state index in [1.165, 1.54) is 29.5 Å². The molecule has 5 heteroatoms. The molecule has 0 N–H and O–H groups in total. The van der Waals surface area contributed by atoms with Gasteiger partial charge in [0.05, 0.1) is 0 Å². The van der Waals surface area contributed by atoms with E-state index in [0.29, 0.717) is 5.91 Å². The first-order chi connectivity index (χ1) is 15.6. The average molecular weight is 433 g/mol. The van der Waals surface area contributed by atoms with E-state index >= 15 is 0 Å². The van der Waals surface area contributed by atoms with E-state index in [9.17, 15) is 4.79 Å². The molecule has 0 radical (unpaired) electrons. The van der Waals surface area contributed by atoms with Gasteiger partial charge in [-0.1, -0.05) is 30.7 Å². The minimum atomic E-state index is 0.00917. The number of fused-ring (bicyclic) bond motifs is 1. The number of carbonyl (C=O) groups is 1. The number of piperidine rings is 2. The first-order valence-corrected chi connectivity index (χ1v) is 12.3. The van der Waals surface area contributed by atoms with Crippen LogP contribution in [0.1, 0.15) is 48.8 Å². The Balaban J connectivity index is 1.46. The van der Waals surface area contributed by atoms with E-state index in [0.717, 1.165) is 65.0 Å². The summed E-state index contributed by atoms with van der Waals surface area (Å²) in [6.07, 6.45) is 10.4. The summed E-state index contributed by atoms with van der Waals surface area (Å²) in [7, 11) is 2.16. The third-order valence-electron chi connectivity index (χ3n) is 7.98. The van der Waals surface area contributed by atoms with Gasteiger partial charge in [0.1, 0.15) is 0 Å². The Hall–Kier alpha value is -2.24. The number of pyridine rings is 1. The molecule has 1 atom stereocenters. The van der Waals surface area contributed by atoms with E-state index in [2.05, 4.69) is 63.1 Å². The summed E-state index contributed by atoms with van der Waals surface area (Å²) in [6.45, 7) is 5.69. The number of aromatic nitrogens is 1. The predicted molar refractivity (Wildman–Crippen MR) is 127 cm³/mol. The summed E-state index contributed by atoms with van der Waals surface area (Å²) in [5.74, 6) is 0.550. The summed E-state index contributed by atoms with van der Waals surface area (Å²) in [5, 5.41) is 0. The molecule has 4 heterocycles. The van der Waals surface area contributed by atoms with E-state index < -0.39 is 0 Å². The van der Waals surface area contributed by atoms with Crippen LogP contribution in [0.15, 0.2) is 48.8 Å². The van der Waals surface area contributed by atoms with Crippen molar-refractivity contribution in [2.75, 3.05) is 33.2 Å². The molecule has 5 nitrogen and oxygen atoms in total. The number of hydrogen-bond donors (Lipinski definition) is 0. The van der Waals surface area contributed by atoms with E-state index in [-0.39, 0.29) is 11.5 Å². The highest BCUT2D eigenvalue weighted by Crippen LogP contribution is 2.38. The van der Waals surface area contributed by atoms with Gasteiger partial charge in [0.25, 0.3) is 0 Å². The van der Waals surface area contributed by atoms with Crippen LogP contribution in [-0.2, 0) is 24.3 Å². The second-order valence-corrected chi connectivity index (χ2v) is 10.2. The number of likely N-dealkylation sites (tertiary alicyclic amines) is 2. The normalized spacial score (nSPS) is 25.5. The number of nitrogens with zero attached hydrogens (tertiary/aromatic N) is 4. The van der Waals surface area contributed by atoms with Gasteiger partial charge in [-0.05, 0) is 87.6 Å². The van der Waals surface area contributed by atoms with E-state index in [1.807, 2.05) is 12.4 Å². The van der Waals surface area contributed by atoms with Crippen molar-refractivity contribution < 1.29 is 4.79 Å². The van der Waals surface area contributed by atoms with Crippen LogP contribution in [0.4, 0.5) is 0 Å². The quantitative estimate of drug-likeness (QED) is 0.741. The van der Waals surface area contributed by atoms with Crippen molar-refractivity contribution in [1.29, 1.82) is 0 Å². The van der Waals surface area contributed by atoms with Gasteiger partial charge in [0, 0.05) is 43.5 Å². The van der Waals surface area contributed by atoms with E-state index in [4.69, 9.17) is 0 Å². The van der Waals surface area contributed by atoms with Gasteiger partial charge in [-0.3, -0.25) is 14.7 Å². The molecular formula is C27H36N4O. The Bertz CT molecular complexity index is 924. The third kappa shape index (κ3) is 4.46. The molecule has 3 aliphatic rings. The number of amides is 1. The molecule has 5 rings (SSSR count). The van der Waals surface area contributed by atoms with Crippen LogP contribution in [0.25, 0.3) is 0 Å². The largest absolute Gasteiger partial charge is 0.336 e. The Morgan fingerprint density at radius 1 is 1.03 bits per heavy atom. The molecule has 1 amide bonds. The predicted octanol–water partition coefficient (Wildman–Crippen LogP) is 3.73. The summed E-state index contributed by atoms with van der Waals surface area (Å²) in [5.41, 5.74) is 4.08. The number of carbonyl (C=O) groups excluding carboxylic acids is 1. The Morgan fingerprint density at radius 3 is 2.56 bits per heavy atom. The van der Waals surface area contributed by atoms with Gasteiger partial charge in [-0.25, -0.2) is 0 Å². The lowest BCUT2D eigenvalue weighted by atomic mass is 9.80. The standard InChI is InChI=1S/C27H36N4O/c1-29-16-10-23(11-17-29)26(32)30-20-25-7-3-2-6-24(25)18-27(21-30)12-4-5-15-31(27)19-22-8-13-28-14-9-22/h2-3,6-9,13-14,23H,4-5,10-12,15-21H2,1H3. The number of hydrogen-bond acceptors (Lipinski definition) is 4. The first-order valence-electron chi connectivity index (χ1n) is 12.3. The van der Waals surface area contributed by atoms with Crippen molar-refractivity contribution in [3.63, 3.8) is 0 Å². The topological polar surface area (TPSA) is 39.7 Å². The number of benzene rings is 1. The van der Waals surface area contributed by atoms with Gasteiger partial charge >= 0.3 is 0 Å². The van der Waals surface area contributed by atoms with Gasteiger partial charge in [0.2, 0.25) is 5.91 Å². The fraction of sp³-hybridized carbons (Fsp3) is 0.556. The van der Waals surface area contributed by atoms with Crippen LogP contribution in [0.3, 0.4) is 0 Å². The SMILES string of the molecule is CN1CCC(C(=O)N2Cc3ccccc3CC3(CCCCN3Cc3ccncc3)C2)CC1. The zero-order valence-electron chi connectivity index (χ0n) is 19.4. The van der Waals surface area contributed by atoms with Crippen LogP contribution < -0.4 is 0 Å². The lowest BCUT2D eigenvalue weighted by Crippen LogP contribution is -2.59. The van der Waals surface area contributed by atoms with Crippen molar-refractivity contribution in [2.24, 2.45) is 5.92 Å². The van der Waals surface area contributed by atoms with Gasteiger partial charge < -0.3 is 9.80 Å². The highest BCUT2D eigenvalue weighted by Gasteiger charge is 2.44. The summed E-state index contributed by atoms with van der Waals surface area (Å²) in [6, 6.07) is 13.1. The molecule has 0 aliphatic carbocycles. The Labute approximate surface area is 192 Å². The summed E-state index contributed by atoms with van der Waals surface area (Å²) < 4.78 is 0. The highest BCUT2D eigenvalue weighted by molar-refractivity contribution is 5.79. The Morgan fingerprint density at radius 2 is 1.78 bits per heavy atom. The molecule has 2 aromatic rings.